The molecule has 1 N–H and O–H groups in total. The molecule has 1 amide bonds. The van der Waals surface area contributed by atoms with E-state index in [4.69, 9.17) is 11.6 Å². The molecule has 0 aromatic heterocycles. The molecule has 1 atom stereocenters. The fourth-order valence-corrected chi connectivity index (χ4v) is 4.04. The van der Waals surface area contributed by atoms with E-state index in [1.165, 1.54) is 24.1 Å². The molecule has 1 aliphatic rings. The number of thioether (sulfide) groups is 1. The Kier molecular flexibility index (Phi) is 6.27. The minimum absolute atomic E-state index is 0.0520. The molecule has 2 aromatic carbocycles. The molecule has 0 radical (unpaired) electrons. The van der Waals surface area contributed by atoms with Gasteiger partial charge >= 0.3 is 0 Å². The summed E-state index contributed by atoms with van der Waals surface area (Å²) in [6, 6.07) is 15.9. The Bertz CT molecular complexity index is 714. The zero-order chi connectivity index (χ0) is 17.6. The molecule has 3 rings (SSSR count). The predicted octanol–water partition coefficient (Wildman–Crippen LogP) is 4.74. The summed E-state index contributed by atoms with van der Waals surface area (Å²) >= 11 is 7.45. The second-order valence-corrected chi connectivity index (χ2v) is 8.11. The number of halogens is 1. The average Bonchev–Trinajstić information content (AvgIpc) is 3.16. The van der Waals surface area contributed by atoms with Crippen LogP contribution in [0, 0.1) is 0 Å². The zero-order valence-electron chi connectivity index (χ0n) is 14.4. The molecule has 0 bridgehead atoms. The third kappa shape index (κ3) is 4.93. The summed E-state index contributed by atoms with van der Waals surface area (Å²) in [5.41, 5.74) is 2.43. The lowest BCUT2D eigenvalue weighted by Crippen LogP contribution is -2.31. The standard InChI is InChI=1S/C20H23ClN2OS/c1-15(25-18-10-8-17(21)9-11-18)20(24)22-14-16-6-2-3-7-19(16)23-12-4-5-13-23/h2-3,6-11,15H,4-5,12-14H2,1H3,(H,22,24). The first kappa shape index (κ1) is 18.2. The van der Waals surface area contributed by atoms with E-state index in [9.17, 15) is 4.79 Å². The van der Waals surface area contributed by atoms with Gasteiger partial charge in [0, 0.05) is 35.2 Å². The molecule has 1 unspecified atom stereocenters. The monoisotopic (exact) mass is 374 g/mol. The fourth-order valence-electron chi connectivity index (χ4n) is 3.02. The number of hydrogen-bond donors (Lipinski definition) is 1. The molecular weight excluding hydrogens is 352 g/mol. The summed E-state index contributed by atoms with van der Waals surface area (Å²) < 4.78 is 0. The second-order valence-electron chi connectivity index (χ2n) is 6.25. The average molecular weight is 375 g/mol. The fraction of sp³-hybridized carbons (Fsp3) is 0.350. The number of rotatable bonds is 6. The Morgan fingerprint density at radius 1 is 1.16 bits per heavy atom. The lowest BCUT2D eigenvalue weighted by molar-refractivity contribution is -0.120. The van der Waals surface area contributed by atoms with Crippen LogP contribution in [0.1, 0.15) is 25.3 Å². The molecule has 1 saturated heterocycles. The number of nitrogens with zero attached hydrogens (tertiary/aromatic N) is 1. The van der Waals surface area contributed by atoms with Gasteiger partial charge < -0.3 is 10.2 Å². The van der Waals surface area contributed by atoms with Gasteiger partial charge in [-0.2, -0.15) is 0 Å². The SMILES string of the molecule is CC(Sc1ccc(Cl)cc1)C(=O)NCc1ccccc1N1CCCC1. The molecule has 3 nitrogen and oxygen atoms in total. The maximum Gasteiger partial charge on any atom is 0.233 e. The van der Waals surface area contributed by atoms with Crippen molar-refractivity contribution in [2.24, 2.45) is 0 Å². The highest BCUT2D eigenvalue weighted by atomic mass is 35.5. The quantitative estimate of drug-likeness (QED) is 0.741. The number of anilines is 1. The van der Waals surface area contributed by atoms with Gasteiger partial charge in [-0.1, -0.05) is 29.8 Å². The van der Waals surface area contributed by atoms with Crippen LogP contribution in [0.15, 0.2) is 53.4 Å². The summed E-state index contributed by atoms with van der Waals surface area (Å²) in [4.78, 5) is 15.9. The van der Waals surface area contributed by atoms with E-state index in [0.29, 0.717) is 11.6 Å². The van der Waals surface area contributed by atoms with E-state index in [1.54, 1.807) is 11.8 Å². The molecule has 0 spiro atoms. The third-order valence-corrected chi connectivity index (χ3v) is 5.75. The van der Waals surface area contributed by atoms with Crippen LogP contribution in [0.4, 0.5) is 5.69 Å². The van der Waals surface area contributed by atoms with Gasteiger partial charge in [0.2, 0.25) is 5.91 Å². The molecule has 132 valence electrons. The lowest BCUT2D eigenvalue weighted by atomic mass is 10.1. The summed E-state index contributed by atoms with van der Waals surface area (Å²) in [6.07, 6.45) is 2.49. The van der Waals surface area contributed by atoms with Crippen LogP contribution < -0.4 is 10.2 Å². The van der Waals surface area contributed by atoms with Crippen molar-refractivity contribution in [3.63, 3.8) is 0 Å². The Hall–Kier alpha value is -1.65. The Morgan fingerprint density at radius 2 is 1.84 bits per heavy atom. The van der Waals surface area contributed by atoms with Crippen LogP contribution in [-0.2, 0) is 11.3 Å². The molecule has 2 aromatic rings. The summed E-state index contributed by atoms with van der Waals surface area (Å²) in [5, 5.41) is 3.64. The highest BCUT2D eigenvalue weighted by molar-refractivity contribution is 8.00. The number of para-hydroxylation sites is 1. The van der Waals surface area contributed by atoms with Crippen LogP contribution in [0.2, 0.25) is 5.02 Å². The van der Waals surface area contributed by atoms with Crippen LogP contribution >= 0.6 is 23.4 Å². The van der Waals surface area contributed by atoms with Crippen molar-refractivity contribution in [3.05, 3.63) is 59.1 Å². The number of carbonyl (C=O) groups is 1. The molecule has 25 heavy (non-hydrogen) atoms. The molecule has 1 aliphatic heterocycles. The van der Waals surface area contributed by atoms with E-state index in [1.807, 2.05) is 37.3 Å². The van der Waals surface area contributed by atoms with E-state index in [2.05, 4.69) is 28.4 Å². The van der Waals surface area contributed by atoms with Gasteiger partial charge in [0.05, 0.1) is 5.25 Å². The van der Waals surface area contributed by atoms with Gasteiger partial charge in [0.15, 0.2) is 0 Å². The van der Waals surface area contributed by atoms with Crippen LogP contribution in [0.5, 0.6) is 0 Å². The molecule has 1 heterocycles. The number of hydrogen-bond acceptors (Lipinski definition) is 3. The molecule has 0 saturated carbocycles. The third-order valence-electron chi connectivity index (χ3n) is 4.39. The van der Waals surface area contributed by atoms with Crippen molar-refractivity contribution >= 4 is 35.0 Å². The summed E-state index contributed by atoms with van der Waals surface area (Å²) in [5.74, 6) is 0.0520. The summed E-state index contributed by atoms with van der Waals surface area (Å²) in [7, 11) is 0. The first-order valence-electron chi connectivity index (χ1n) is 8.66. The van der Waals surface area contributed by atoms with Crippen molar-refractivity contribution in [3.8, 4) is 0 Å². The molecule has 5 heteroatoms. The Morgan fingerprint density at radius 3 is 2.56 bits per heavy atom. The predicted molar refractivity (Wildman–Crippen MR) is 107 cm³/mol. The van der Waals surface area contributed by atoms with Gasteiger partial charge in [-0.05, 0) is 55.7 Å². The Labute approximate surface area is 158 Å². The normalized spacial score (nSPS) is 15.2. The van der Waals surface area contributed by atoms with Crippen molar-refractivity contribution in [1.29, 1.82) is 0 Å². The molecular formula is C20H23ClN2OS. The minimum atomic E-state index is -0.153. The maximum atomic E-state index is 12.4. The zero-order valence-corrected chi connectivity index (χ0v) is 15.9. The number of amides is 1. The molecule has 0 aliphatic carbocycles. The molecule has 1 fully saturated rings. The van der Waals surface area contributed by atoms with E-state index >= 15 is 0 Å². The van der Waals surface area contributed by atoms with E-state index in [-0.39, 0.29) is 11.2 Å². The van der Waals surface area contributed by atoms with Gasteiger partial charge in [-0.15, -0.1) is 11.8 Å². The van der Waals surface area contributed by atoms with Gasteiger partial charge in [0.1, 0.15) is 0 Å². The smallest absolute Gasteiger partial charge is 0.233 e. The maximum absolute atomic E-state index is 12.4. The second kappa shape index (κ2) is 8.63. The van der Waals surface area contributed by atoms with Crippen LogP contribution in [0.25, 0.3) is 0 Å². The van der Waals surface area contributed by atoms with Gasteiger partial charge in [-0.3, -0.25) is 4.79 Å². The number of nitrogens with one attached hydrogen (secondary N) is 1. The van der Waals surface area contributed by atoms with Crippen LogP contribution in [-0.4, -0.2) is 24.2 Å². The van der Waals surface area contributed by atoms with Crippen molar-refractivity contribution in [2.75, 3.05) is 18.0 Å². The Balaban J connectivity index is 1.57. The number of benzene rings is 2. The van der Waals surface area contributed by atoms with Crippen molar-refractivity contribution < 1.29 is 4.79 Å². The highest BCUT2D eigenvalue weighted by Gasteiger charge is 2.17. The minimum Gasteiger partial charge on any atom is -0.371 e. The number of carbonyl (C=O) groups excluding carboxylic acids is 1. The first-order valence-corrected chi connectivity index (χ1v) is 9.92. The van der Waals surface area contributed by atoms with Crippen LogP contribution in [0.3, 0.4) is 0 Å². The van der Waals surface area contributed by atoms with Crippen molar-refractivity contribution in [2.45, 2.75) is 36.5 Å². The summed E-state index contributed by atoms with van der Waals surface area (Å²) in [6.45, 7) is 4.71. The lowest BCUT2D eigenvalue weighted by Gasteiger charge is -2.22. The first-order chi connectivity index (χ1) is 12.1. The van der Waals surface area contributed by atoms with E-state index < -0.39 is 0 Å². The van der Waals surface area contributed by atoms with E-state index in [0.717, 1.165) is 18.0 Å². The highest BCUT2D eigenvalue weighted by Crippen LogP contribution is 2.26. The van der Waals surface area contributed by atoms with Gasteiger partial charge in [0.25, 0.3) is 0 Å². The topological polar surface area (TPSA) is 32.3 Å². The largest absolute Gasteiger partial charge is 0.371 e. The van der Waals surface area contributed by atoms with Gasteiger partial charge in [-0.25, -0.2) is 0 Å². The van der Waals surface area contributed by atoms with Crippen molar-refractivity contribution in [1.82, 2.24) is 5.32 Å².